The van der Waals surface area contributed by atoms with Gasteiger partial charge in [0.15, 0.2) is 0 Å². The fraction of sp³-hybridized carbons (Fsp3) is 0.378. The summed E-state index contributed by atoms with van der Waals surface area (Å²) in [5.41, 5.74) is 4.52. The summed E-state index contributed by atoms with van der Waals surface area (Å²) in [5, 5.41) is 2.98. The molecule has 1 N–H and O–H groups in total. The van der Waals surface area contributed by atoms with Gasteiger partial charge in [0.05, 0.1) is 18.8 Å². The summed E-state index contributed by atoms with van der Waals surface area (Å²) in [6.07, 6.45) is 1.95. The molecule has 0 fully saturated rings. The molecule has 0 saturated carbocycles. The Bertz CT molecular complexity index is 1680. The van der Waals surface area contributed by atoms with Crippen molar-refractivity contribution in [1.29, 1.82) is 0 Å². The Morgan fingerprint density at radius 2 is 1.60 bits per heavy atom. The van der Waals surface area contributed by atoms with Crippen LogP contribution < -0.4 is 15.1 Å². The van der Waals surface area contributed by atoms with Crippen LogP contribution in [-0.4, -0.2) is 42.2 Å². The number of hydrogen-bond acceptors (Lipinski definition) is 8. The molecule has 4 rings (SSSR count). The van der Waals surface area contributed by atoms with Gasteiger partial charge < -0.3 is 24.2 Å². The number of ketones is 1. The summed E-state index contributed by atoms with van der Waals surface area (Å²) >= 11 is 0. The first kappa shape index (κ1) is 37.5. The third kappa shape index (κ3) is 11.1. The number of Topliss-reactive ketones (excluding diaryl/α,β-unsaturated/α-hetero) is 1. The molecule has 0 spiro atoms. The molecule has 11 heteroatoms. The average Bonchev–Trinajstić information content (AvgIpc) is 3.07. The molecule has 1 aliphatic rings. The number of fused-ring (bicyclic) bond motifs is 2. The standard InChI is InChI=1S/C37H43N2O6PS2/c1-27(2)46(43,44)45-24-9-23-38-37(42)32-19-15-29(16-20-32)28(3)48-47-25-8-13-34(40)21-22-36(41)39-26-33-12-5-4-10-30(33)17-18-31-11-6-7-14-35(31)39/h4-7,10-12,14-16,19-20,27-28H,8-9,13,21-26H2,1-3H3,(H,38,42)(H,43,44)/p-1. The van der Waals surface area contributed by atoms with Crippen molar-refractivity contribution in [2.24, 2.45) is 0 Å². The summed E-state index contributed by atoms with van der Waals surface area (Å²) in [6.45, 7) is 6.02. The van der Waals surface area contributed by atoms with Gasteiger partial charge in [-0.05, 0) is 61.2 Å². The third-order valence-corrected chi connectivity index (χ3v) is 12.6. The summed E-state index contributed by atoms with van der Waals surface area (Å²) < 4.78 is 16.7. The number of nitrogens with zero attached hydrogens (tertiary/aromatic N) is 1. The molecule has 0 bridgehead atoms. The van der Waals surface area contributed by atoms with Gasteiger partial charge in [0, 0.05) is 59.2 Å². The first-order valence-electron chi connectivity index (χ1n) is 16.2. The lowest BCUT2D eigenvalue weighted by Gasteiger charge is -2.26. The molecule has 2 atom stereocenters. The monoisotopic (exact) mass is 705 g/mol. The average molecular weight is 706 g/mol. The maximum atomic E-state index is 13.4. The van der Waals surface area contributed by atoms with E-state index >= 15 is 0 Å². The van der Waals surface area contributed by atoms with E-state index in [-0.39, 0.29) is 42.3 Å². The Morgan fingerprint density at radius 3 is 2.35 bits per heavy atom. The molecule has 3 aromatic rings. The molecule has 1 aliphatic heterocycles. The number of carbonyl (C=O) groups is 3. The zero-order valence-electron chi connectivity index (χ0n) is 27.6. The van der Waals surface area contributed by atoms with Gasteiger partial charge in [0.1, 0.15) is 13.4 Å². The number of para-hydroxylation sites is 1. The molecule has 0 aromatic heterocycles. The van der Waals surface area contributed by atoms with E-state index < -0.39 is 13.3 Å². The largest absolute Gasteiger partial charge is 0.778 e. The van der Waals surface area contributed by atoms with Crippen molar-refractivity contribution in [3.63, 3.8) is 0 Å². The Hall–Kier alpha value is -3.32. The van der Waals surface area contributed by atoms with Crippen LogP contribution in [0.3, 0.4) is 0 Å². The summed E-state index contributed by atoms with van der Waals surface area (Å²) in [4.78, 5) is 52.0. The van der Waals surface area contributed by atoms with Crippen LogP contribution in [0.15, 0.2) is 72.8 Å². The number of nitrogens with one attached hydrogen (secondary N) is 1. The van der Waals surface area contributed by atoms with Gasteiger partial charge in [0.25, 0.3) is 5.91 Å². The van der Waals surface area contributed by atoms with Crippen LogP contribution in [0.4, 0.5) is 5.69 Å². The molecular weight excluding hydrogens is 664 g/mol. The number of anilines is 1. The van der Waals surface area contributed by atoms with Gasteiger partial charge in [-0.3, -0.25) is 14.4 Å². The predicted octanol–water partition coefficient (Wildman–Crippen LogP) is 7.30. The SMILES string of the molecule is CC(SSCCCC(=O)CCC(=O)N1Cc2ccccc2C#Cc2ccccc21)c1ccc(C(=O)NCCCOP(=O)([O-])C(C)C)cc1. The van der Waals surface area contributed by atoms with Crippen molar-refractivity contribution < 1.29 is 28.4 Å². The van der Waals surface area contributed by atoms with Crippen LogP contribution in [0.1, 0.15) is 90.7 Å². The van der Waals surface area contributed by atoms with Crippen LogP contribution in [0.5, 0.6) is 0 Å². The third-order valence-electron chi connectivity index (χ3n) is 7.84. The van der Waals surface area contributed by atoms with E-state index in [1.807, 2.05) is 60.7 Å². The van der Waals surface area contributed by atoms with E-state index in [9.17, 15) is 23.8 Å². The number of amides is 2. The zero-order chi connectivity index (χ0) is 34.5. The van der Waals surface area contributed by atoms with Crippen molar-refractivity contribution in [2.75, 3.05) is 23.8 Å². The maximum absolute atomic E-state index is 13.4. The van der Waals surface area contributed by atoms with Gasteiger partial charge in [0.2, 0.25) is 5.91 Å². The second-order valence-corrected chi connectivity index (χ2v) is 17.0. The van der Waals surface area contributed by atoms with Gasteiger partial charge in [-0.2, -0.15) is 0 Å². The molecule has 1 heterocycles. The second kappa shape index (κ2) is 18.4. The van der Waals surface area contributed by atoms with E-state index in [1.165, 1.54) is 0 Å². The summed E-state index contributed by atoms with van der Waals surface area (Å²) in [7, 11) is -0.419. The Morgan fingerprint density at radius 1 is 0.917 bits per heavy atom. The molecule has 0 radical (unpaired) electrons. The van der Waals surface area contributed by atoms with Crippen molar-refractivity contribution in [3.8, 4) is 11.8 Å². The Labute approximate surface area is 291 Å². The quantitative estimate of drug-likeness (QED) is 0.0674. The van der Waals surface area contributed by atoms with Gasteiger partial charge in [-0.25, -0.2) is 0 Å². The number of carbonyl (C=O) groups excluding carboxylic acids is 3. The molecule has 2 unspecified atom stereocenters. The number of hydrogen-bond donors (Lipinski definition) is 1. The minimum atomic E-state index is -3.84. The summed E-state index contributed by atoms with van der Waals surface area (Å²) in [6, 6.07) is 22.9. The first-order chi connectivity index (χ1) is 23.0. The molecule has 0 aliphatic carbocycles. The second-order valence-electron chi connectivity index (χ2n) is 11.8. The Kier molecular flexibility index (Phi) is 14.4. The van der Waals surface area contributed by atoms with Crippen LogP contribution in [-0.2, 0) is 25.2 Å². The lowest BCUT2D eigenvalue weighted by molar-refractivity contribution is -0.200. The lowest BCUT2D eigenvalue weighted by Crippen LogP contribution is -2.32. The molecule has 48 heavy (non-hydrogen) atoms. The van der Waals surface area contributed by atoms with E-state index in [0.717, 1.165) is 40.1 Å². The highest BCUT2D eigenvalue weighted by atomic mass is 33.1. The highest BCUT2D eigenvalue weighted by Gasteiger charge is 2.22. The van der Waals surface area contributed by atoms with Gasteiger partial charge in [-0.15, -0.1) is 0 Å². The van der Waals surface area contributed by atoms with E-state index in [4.69, 9.17) is 4.52 Å². The number of benzene rings is 3. The van der Waals surface area contributed by atoms with Crippen molar-refractivity contribution in [1.82, 2.24) is 5.32 Å². The van der Waals surface area contributed by atoms with Gasteiger partial charge in [-0.1, -0.05) is 89.7 Å². The fourth-order valence-corrected chi connectivity index (χ4v) is 7.97. The Balaban J connectivity index is 1.13. The highest BCUT2D eigenvalue weighted by molar-refractivity contribution is 8.76. The summed E-state index contributed by atoms with van der Waals surface area (Å²) in [5.74, 6) is 7.03. The fourth-order valence-electron chi connectivity index (χ4n) is 4.87. The topological polar surface area (TPSA) is 116 Å². The maximum Gasteiger partial charge on any atom is 0.251 e. The molecular formula is C37H42N2O6PS2-. The zero-order valence-corrected chi connectivity index (χ0v) is 30.1. The minimum Gasteiger partial charge on any atom is -0.778 e. The van der Waals surface area contributed by atoms with Crippen LogP contribution in [0.25, 0.3) is 0 Å². The van der Waals surface area contributed by atoms with Crippen molar-refractivity contribution >= 4 is 52.5 Å². The molecule has 254 valence electrons. The van der Waals surface area contributed by atoms with Crippen molar-refractivity contribution in [2.45, 2.75) is 70.3 Å². The van der Waals surface area contributed by atoms with Crippen LogP contribution in [0, 0.1) is 11.8 Å². The van der Waals surface area contributed by atoms with Gasteiger partial charge >= 0.3 is 0 Å². The van der Waals surface area contributed by atoms with E-state index in [2.05, 4.69) is 24.1 Å². The smallest absolute Gasteiger partial charge is 0.251 e. The molecule has 8 nitrogen and oxygen atoms in total. The number of rotatable bonds is 17. The van der Waals surface area contributed by atoms with Crippen molar-refractivity contribution in [3.05, 3.63) is 101 Å². The predicted molar refractivity (Wildman–Crippen MR) is 194 cm³/mol. The molecule has 2 amide bonds. The molecule has 0 saturated heterocycles. The van der Waals surface area contributed by atoms with E-state index in [0.29, 0.717) is 31.5 Å². The van der Waals surface area contributed by atoms with E-state index in [1.54, 1.807) is 52.5 Å². The van der Waals surface area contributed by atoms with Crippen LogP contribution >= 0.6 is 29.2 Å². The molecule has 3 aromatic carbocycles. The lowest BCUT2D eigenvalue weighted by atomic mass is 10.0. The minimum absolute atomic E-state index is 0.0405. The van der Waals surface area contributed by atoms with Crippen LogP contribution in [0.2, 0.25) is 0 Å². The highest BCUT2D eigenvalue weighted by Crippen LogP contribution is 2.42. The first-order valence-corrected chi connectivity index (χ1v) is 20.2. The normalized spacial score (nSPS) is 14.0.